The first-order valence-electron chi connectivity index (χ1n) is 3.42. The van der Waals surface area contributed by atoms with Crippen LogP contribution in [0.1, 0.15) is 13.8 Å². The predicted molar refractivity (Wildman–Crippen MR) is 40.3 cm³/mol. The summed E-state index contributed by atoms with van der Waals surface area (Å²) < 4.78 is 20.4. The summed E-state index contributed by atoms with van der Waals surface area (Å²) in [5.74, 6) is 1.41. The molecule has 0 fully saturated rings. The summed E-state index contributed by atoms with van der Waals surface area (Å²) in [6, 6.07) is 0. The molecule has 0 aromatic rings. The van der Waals surface area contributed by atoms with Gasteiger partial charge in [-0.1, -0.05) is 0 Å². The molecule has 1 rings (SSSR count). The van der Waals surface area contributed by atoms with E-state index in [0.29, 0.717) is 11.5 Å². The van der Waals surface area contributed by atoms with Crippen LogP contribution in [0.3, 0.4) is 0 Å². The fraction of sp³-hybridized carbons (Fsp3) is 0.667. The van der Waals surface area contributed by atoms with E-state index < -0.39 is 6.96 Å². The lowest BCUT2D eigenvalue weighted by atomic mass is 10.1. The van der Waals surface area contributed by atoms with E-state index >= 15 is 0 Å². The van der Waals surface area contributed by atoms with Gasteiger partial charge in [0.1, 0.15) is 0 Å². The summed E-state index contributed by atoms with van der Waals surface area (Å²) in [5.41, 5.74) is 0. The molecular weight excluding hydrogens is 147 g/mol. The number of allylic oxidation sites excluding steroid dienone is 2. The molecule has 0 aliphatic carbocycles. The standard InChI is InChI=1S/C6H12BO4/c1-5-6(2)11-7(8-3,9-4)10-5/h1-4H3/q-1. The highest BCUT2D eigenvalue weighted by Crippen LogP contribution is 2.27. The van der Waals surface area contributed by atoms with Gasteiger partial charge < -0.3 is 18.6 Å². The van der Waals surface area contributed by atoms with Crippen molar-refractivity contribution in [3.63, 3.8) is 0 Å². The maximum atomic E-state index is 5.23. The van der Waals surface area contributed by atoms with Gasteiger partial charge >= 0.3 is 6.96 Å². The van der Waals surface area contributed by atoms with Crippen molar-refractivity contribution in [2.24, 2.45) is 0 Å². The van der Waals surface area contributed by atoms with Crippen LogP contribution in [0.4, 0.5) is 0 Å². The fourth-order valence-electron chi connectivity index (χ4n) is 0.912. The Kier molecular flexibility index (Phi) is 2.11. The molecule has 0 unspecified atom stereocenters. The Hall–Kier alpha value is -0.675. The second-order valence-electron chi connectivity index (χ2n) is 2.40. The molecule has 0 saturated carbocycles. The van der Waals surface area contributed by atoms with E-state index in [1.54, 1.807) is 13.8 Å². The third kappa shape index (κ3) is 1.34. The third-order valence-electron chi connectivity index (χ3n) is 1.72. The predicted octanol–water partition coefficient (Wildman–Crippen LogP) is 1.01. The smallest absolute Gasteiger partial charge is 0.635 e. The highest BCUT2D eigenvalue weighted by atomic mass is 16.9. The maximum absolute atomic E-state index is 5.23. The van der Waals surface area contributed by atoms with Crippen LogP contribution in [0.5, 0.6) is 0 Å². The van der Waals surface area contributed by atoms with Crippen LogP contribution in [0.2, 0.25) is 0 Å². The van der Waals surface area contributed by atoms with Crippen LogP contribution in [-0.4, -0.2) is 21.2 Å². The first kappa shape index (κ1) is 8.42. The summed E-state index contributed by atoms with van der Waals surface area (Å²) in [7, 11) is 2.96. The minimum absolute atomic E-state index is 0.703. The first-order chi connectivity index (χ1) is 5.13. The Morgan fingerprint density at radius 2 is 1.36 bits per heavy atom. The van der Waals surface area contributed by atoms with Gasteiger partial charge in [-0.15, -0.1) is 0 Å². The van der Waals surface area contributed by atoms with Gasteiger partial charge in [0.25, 0.3) is 0 Å². The summed E-state index contributed by atoms with van der Waals surface area (Å²) in [5, 5.41) is 0. The van der Waals surface area contributed by atoms with Gasteiger partial charge in [-0.05, 0) is 28.1 Å². The molecule has 0 amide bonds. The minimum atomic E-state index is -2.00. The van der Waals surface area contributed by atoms with Gasteiger partial charge in [0.05, 0.1) is 11.5 Å². The Labute approximate surface area is 66.1 Å². The molecule has 5 heteroatoms. The van der Waals surface area contributed by atoms with Crippen molar-refractivity contribution in [2.75, 3.05) is 14.2 Å². The van der Waals surface area contributed by atoms with E-state index in [1.807, 2.05) is 0 Å². The Bertz CT molecular complexity index is 169. The van der Waals surface area contributed by atoms with Crippen LogP contribution in [0.25, 0.3) is 0 Å². The molecule has 0 N–H and O–H groups in total. The Balaban J connectivity index is 2.69. The largest absolute Gasteiger partial charge is 0.651 e. The zero-order chi connectivity index (χ0) is 8.48. The van der Waals surface area contributed by atoms with Crippen LogP contribution >= 0.6 is 0 Å². The average molecular weight is 159 g/mol. The van der Waals surface area contributed by atoms with Gasteiger partial charge in [-0.3, -0.25) is 0 Å². The lowest BCUT2D eigenvalue weighted by molar-refractivity contribution is 0.0614. The zero-order valence-corrected chi connectivity index (χ0v) is 7.21. The molecule has 0 bridgehead atoms. The quantitative estimate of drug-likeness (QED) is 0.563. The highest BCUT2D eigenvalue weighted by Gasteiger charge is 2.39. The first-order valence-corrected chi connectivity index (χ1v) is 3.42. The van der Waals surface area contributed by atoms with E-state index in [4.69, 9.17) is 18.6 Å². The van der Waals surface area contributed by atoms with Gasteiger partial charge in [0, 0.05) is 0 Å². The molecular formula is C6H12BO4-. The van der Waals surface area contributed by atoms with E-state index in [2.05, 4.69) is 0 Å². The molecule has 11 heavy (non-hydrogen) atoms. The minimum Gasteiger partial charge on any atom is -0.635 e. The van der Waals surface area contributed by atoms with E-state index in [1.165, 1.54) is 14.2 Å². The average Bonchev–Trinajstić information content (AvgIpc) is 2.29. The molecule has 0 radical (unpaired) electrons. The molecule has 0 saturated heterocycles. The van der Waals surface area contributed by atoms with Crippen LogP contribution in [0, 0.1) is 0 Å². The molecule has 0 aromatic heterocycles. The van der Waals surface area contributed by atoms with Gasteiger partial charge in [-0.2, -0.15) is 0 Å². The lowest BCUT2D eigenvalue weighted by Crippen LogP contribution is -2.42. The van der Waals surface area contributed by atoms with Gasteiger partial charge in [0.15, 0.2) is 0 Å². The molecule has 0 spiro atoms. The summed E-state index contributed by atoms with van der Waals surface area (Å²) in [6.07, 6.45) is 0. The number of hydrogen-bond donors (Lipinski definition) is 0. The van der Waals surface area contributed by atoms with Gasteiger partial charge in [0.2, 0.25) is 0 Å². The molecule has 0 aromatic carbocycles. The maximum Gasteiger partial charge on any atom is 0.651 e. The molecule has 1 heterocycles. The van der Waals surface area contributed by atoms with Crippen molar-refractivity contribution >= 4 is 6.96 Å². The third-order valence-corrected chi connectivity index (χ3v) is 1.72. The number of hydrogen-bond acceptors (Lipinski definition) is 4. The second kappa shape index (κ2) is 2.75. The zero-order valence-electron chi connectivity index (χ0n) is 7.21. The Morgan fingerprint density at radius 3 is 1.55 bits per heavy atom. The molecule has 4 nitrogen and oxygen atoms in total. The highest BCUT2D eigenvalue weighted by molar-refractivity contribution is 6.54. The Morgan fingerprint density at radius 1 is 1.00 bits per heavy atom. The summed E-state index contributed by atoms with van der Waals surface area (Å²) in [6.45, 7) is 1.61. The lowest BCUT2D eigenvalue weighted by Gasteiger charge is -2.32. The van der Waals surface area contributed by atoms with E-state index in [-0.39, 0.29) is 0 Å². The van der Waals surface area contributed by atoms with Crippen LogP contribution < -0.4 is 0 Å². The molecule has 64 valence electrons. The topological polar surface area (TPSA) is 36.9 Å². The second-order valence-corrected chi connectivity index (χ2v) is 2.40. The number of rotatable bonds is 2. The van der Waals surface area contributed by atoms with Crippen LogP contribution in [-0.2, 0) is 18.6 Å². The summed E-state index contributed by atoms with van der Waals surface area (Å²) >= 11 is 0. The SMILES string of the molecule is CO[B-]1(OC)OC(C)=C(C)O1. The van der Waals surface area contributed by atoms with Crippen molar-refractivity contribution < 1.29 is 18.6 Å². The van der Waals surface area contributed by atoms with E-state index in [0.717, 1.165) is 0 Å². The van der Waals surface area contributed by atoms with Crippen molar-refractivity contribution in [3.05, 3.63) is 11.5 Å². The normalized spacial score (nSPS) is 21.5. The van der Waals surface area contributed by atoms with Crippen molar-refractivity contribution in [3.8, 4) is 0 Å². The molecule has 1 aliphatic rings. The van der Waals surface area contributed by atoms with Crippen molar-refractivity contribution in [2.45, 2.75) is 13.8 Å². The summed E-state index contributed by atoms with van der Waals surface area (Å²) in [4.78, 5) is 0. The monoisotopic (exact) mass is 159 g/mol. The van der Waals surface area contributed by atoms with E-state index in [9.17, 15) is 0 Å². The van der Waals surface area contributed by atoms with Crippen molar-refractivity contribution in [1.29, 1.82) is 0 Å². The van der Waals surface area contributed by atoms with Gasteiger partial charge in [-0.25, -0.2) is 0 Å². The molecule has 0 atom stereocenters. The fourth-order valence-corrected chi connectivity index (χ4v) is 0.912. The molecule has 1 aliphatic heterocycles. The van der Waals surface area contributed by atoms with Crippen molar-refractivity contribution in [1.82, 2.24) is 0 Å². The van der Waals surface area contributed by atoms with Crippen LogP contribution in [0.15, 0.2) is 11.5 Å².